The second-order valence-electron chi connectivity index (χ2n) is 6.15. The third kappa shape index (κ3) is 5.68. The van der Waals surface area contributed by atoms with Crippen LogP contribution < -0.4 is 9.57 Å². The number of aryl methyl sites for hydroxylation is 1. The van der Waals surface area contributed by atoms with Crippen molar-refractivity contribution < 1.29 is 13.2 Å². The second-order valence-corrected chi connectivity index (χ2v) is 8.73. The van der Waals surface area contributed by atoms with Crippen LogP contribution in [0.5, 0.6) is 5.75 Å². The molecule has 0 spiro atoms. The number of nitrogens with one attached hydrogen (secondary N) is 1. The summed E-state index contributed by atoms with van der Waals surface area (Å²) in [6.45, 7) is 2.36. The number of hydrazone groups is 1. The molecule has 0 aliphatic rings. The van der Waals surface area contributed by atoms with Gasteiger partial charge in [0.1, 0.15) is 12.4 Å². The predicted molar refractivity (Wildman–Crippen MR) is 114 cm³/mol. The van der Waals surface area contributed by atoms with Gasteiger partial charge in [0, 0.05) is 4.47 Å². The van der Waals surface area contributed by atoms with Crippen LogP contribution in [0.15, 0.2) is 87.3 Å². The van der Waals surface area contributed by atoms with Crippen molar-refractivity contribution in [3.63, 3.8) is 0 Å². The number of nitrogens with zero attached hydrogens (tertiary/aromatic N) is 1. The molecule has 28 heavy (non-hydrogen) atoms. The Kier molecular flexibility index (Phi) is 6.49. The molecule has 0 unspecified atom stereocenters. The second kappa shape index (κ2) is 9.03. The number of sulfonamides is 1. The molecule has 5 nitrogen and oxygen atoms in total. The summed E-state index contributed by atoms with van der Waals surface area (Å²) in [5, 5.41) is 3.84. The van der Waals surface area contributed by atoms with Gasteiger partial charge in [-0.3, -0.25) is 0 Å². The molecule has 0 aliphatic heterocycles. The van der Waals surface area contributed by atoms with E-state index < -0.39 is 10.0 Å². The number of hydrogen-bond donors (Lipinski definition) is 1. The Bertz CT molecular complexity index is 1060. The average Bonchev–Trinajstić information content (AvgIpc) is 2.68. The van der Waals surface area contributed by atoms with Crippen LogP contribution in [0.4, 0.5) is 0 Å². The van der Waals surface area contributed by atoms with Crippen molar-refractivity contribution in [1.29, 1.82) is 0 Å². The molecule has 0 saturated carbocycles. The number of benzene rings is 3. The van der Waals surface area contributed by atoms with Crippen molar-refractivity contribution in [3.05, 3.63) is 94.0 Å². The quantitative estimate of drug-likeness (QED) is 0.413. The first-order valence-corrected chi connectivity index (χ1v) is 10.8. The zero-order chi connectivity index (χ0) is 20.0. The van der Waals surface area contributed by atoms with Gasteiger partial charge in [0.2, 0.25) is 0 Å². The summed E-state index contributed by atoms with van der Waals surface area (Å²) in [6.07, 6.45) is 1.45. The van der Waals surface area contributed by atoms with E-state index in [0.717, 1.165) is 26.9 Å². The van der Waals surface area contributed by atoms with E-state index in [1.165, 1.54) is 6.21 Å². The predicted octanol–water partition coefficient (Wildman–Crippen LogP) is 4.65. The Labute approximate surface area is 173 Å². The lowest BCUT2D eigenvalue weighted by atomic mass is 10.2. The maximum atomic E-state index is 12.2. The summed E-state index contributed by atoms with van der Waals surface area (Å²) in [4.78, 5) is 2.39. The van der Waals surface area contributed by atoms with E-state index in [0.29, 0.717) is 6.61 Å². The van der Waals surface area contributed by atoms with Crippen LogP contribution >= 0.6 is 15.9 Å². The number of halogens is 1. The Morgan fingerprint density at radius 1 is 1.04 bits per heavy atom. The Morgan fingerprint density at radius 2 is 1.75 bits per heavy atom. The van der Waals surface area contributed by atoms with Gasteiger partial charge >= 0.3 is 0 Å². The van der Waals surface area contributed by atoms with Gasteiger partial charge in [-0.05, 0) is 66.6 Å². The van der Waals surface area contributed by atoms with Crippen molar-refractivity contribution in [2.45, 2.75) is 18.4 Å². The van der Waals surface area contributed by atoms with Gasteiger partial charge in [0.25, 0.3) is 10.0 Å². The summed E-state index contributed by atoms with van der Waals surface area (Å²) >= 11 is 3.43. The van der Waals surface area contributed by atoms with Crippen molar-refractivity contribution in [1.82, 2.24) is 4.83 Å². The van der Waals surface area contributed by atoms with Crippen molar-refractivity contribution in [3.8, 4) is 5.75 Å². The summed E-state index contributed by atoms with van der Waals surface area (Å²) < 4.78 is 31.1. The zero-order valence-corrected chi connectivity index (χ0v) is 17.6. The van der Waals surface area contributed by atoms with Gasteiger partial charge in [-0.2, -0.15) is 13.5 Å². The largest absolute Gasteiger partial charge is 0.489 e. The maximum Gasteiger partial charge on any atom is 0.276 e. The molecule has 3 aromatic carbocycles. The van der Waals surface area contributed by atoms with Gasteiger partial charge in [-0.15, -0.1) is 0 Å². The van der Waals surface area contributed by atoms with Gasteiger partial charge in [0.15, 0.2) is 0 Å². The van der Waals surface area contributed by atoms with Crippen LogP contribution in [0, 0.1) is 6.92 Å². The molecule has 0 radical (unpaired) electrons. The maximum absolute atomic E-state index is 12.2. The molecular weight excluding hydrogens is 440 g/mol. The highest BCUT2D eigenvalue weighted by atomic mass is 79.9. The zero-order valence-electron chi connectivity index (χ0n) is 15.2. The third-order valence-corrected chi connectivity index (χ3v) is 5.62. The number of hydrogen-bond acceptors (Lipinski definition) is 4. The fourth-order valence-electron chi connectivity index (χ4n) is 2.38. The van der Waals surface area contributed by atoms with Gasteiger partial charge in [-0.25, -0.2) is 4.83 Å². The molecule has 0 amide bonds. The summed E-state index contributed by atoms with van der Waals surface area (Å²) in [7, 11) is -3.67. The highest BCUT2D eigenvalue weighted by Gasteiger charge is 2.11. The Balaban J connectivity index is 1.57. The molecule has 144 valence electrons. The fourth-order valence-corrected chi connectivity index (χ4v) is 3.62. The van der Waals surface area contributed by atoms with E-state index in [9.17, 15) is 8.42 Å². The molecule has 0 atom stereocenters. The Morgan fingerprint density at radius 3 is 2.43 bits per heavy atom. The molecule has 3 aromatic rings. The third-order valence-electron chi connectivity index (χ3n) is 3.89. The monoisotopic (exact) mass is 458 g/mol. The molecule has 1 N–H and O–H groups in total. The molecular formula is C21H19BrN2O3S. The van der Waals surface area contributed by atoms with Crippen LogP contribution in [0.3, 0.4) is 0 Å². The van der Waals surface area contributed by atoms with Crippen LogP contribution in [-0.4, -0.2) is 14.6 Å². The first-order chi connectivity index (χ1) is 13.4. The van der Waals surface area contributed by atoms with Crippen molar-refractivity contribution in [2.24, 2.45) is 5.10 Å². The van der Waals surface area contributed by atoms with Crippen LogP contribution in [0.25, 0.3) is 0 Å². The lowest BCUT2D eigenvalue weighted by Crippen LogP contribution is -2.18. The van der Waals surface area contributed by atoms with Gasteiger partial charge in [-0.1, -0.05) is 45.8 Å². The van der Waals surface area contributed by atoms with E-state index in [-0.39, 0.29) is 4.90 Å². The van der Waals surface area contributed by atoms with Gasteiger partial charge < -0.3 is 4.74 Å². The lowest BCUT2D eigenvalue weighted by Gasteiger charge is -2.07. The van der Waals surface area contributed by atoms with E-state index in [4.69, 9.17) is 4.74 Å². The highest BCUT2D eigenvalue weighted by molar-refractivity contribution is 9.10. The van der Waals surface area contributed by atoms with Crippen LogP contribution in [0.2, 0.25) is 0 Å². The topological polar surface area (TPSA) is 67.8 Å². The lowest BCUT2D eigenvalue weighted by molar-refractivity contribution is 0.306. The molecule has 0 heterocycles. The molecule has 0 bridgehead atoms. The van der Waals surface area contributed by atoms with Crippen LogP contribution in [0.1, 0.15) is 16.7 Å². The first kappa shape index (κ1) is 20.1. The number of ether oxygens (including phenoxy) is 1. The van der Waals surface area contributed by atoms with Crippen molar-refractivity contribution >= 4 is 32.2 Å². The molecule has 0 fully saturated rings. The van der Waals surface area contributed by atoms with E-state index in [2.05, 4.69) is 25.9 Å². The molecule has 3 rings (SSSR count). The van der Waals surface area contributed by atoms with E-state index >= 15 is 0 Å². The van der Waals surface area contributed by atoms with Crippen molar-refractivity contribution in [2.75, 3.05) is 0 Å². The Hall–Kier alpha value is -2.64. The number of rotatable bonds is 7. The normalized spacial score (nSPS) is 11.5. The summed E-state index contributed by atoms with van der Waals surface area (Å²) in [5.74, 6) is 0.720. The first-order valence-electron chi connectivity index (χ1n) is 8.51. The van der Waals surface area contributed by atoms with E-state index in [1.54, 1.807) is 36.4 Å². The minimum atomic E-state index is -3.67. The van der Waals surface area contributed by atoms with Gasteiger partial charge in [0.05, 0.1) is 11.1 Å². The highest BCUT2D eigenvalue weighted by Crippen LogP contribution is 2.16. The molecule has 0 aromatic heterocycles. The molecule has 0 aliphatic carbocycles. The average molecular weight is 459 g/mol. The standard InChI is InChI=1S/C21H19BrN2O3S/c1-16-5-11-21(12-6-16)28(25,26)24-23-14-17-7-9-20(10-8-17)27-15-18-3-2-4-19(22)13-18/h2-14,24H,15H2,1H3/b23-14-. The van der Waals surface area contributed by atoms with Crippen LogP contribution in [-0.2, 0) is 16.6 Å². The molecule has 7 heteroatoms. The smallest absolute Gasteiger partial charge is 0.276 e. The SMILES string of the molecule is Cc1ccc(S(=O)(=O)N/N=C\c2ccc(OCc3cccc(Br)c3)cc2)cc1. The van der Waals surface area contributed by atoms with E-state index in [1.807, 2.05) is 43.3 Å². The minimum Gasteiger partial charge on any atom is -0.489 e. The molecule has 0 saturated heterocycles. The minimum absolute atomic E-state index is 0.173. The summed E-state index contributed by atoms with van der Waals surface area (Å²) in [6, 6.07) is 21.7. The fraction of sp³-hybridized carbons (Fsp3) is 0.0952. The summed E-state index contributed by atoms with van der Waals surface area (Å²) in [5.41, 5.74) is 2.80.